The maximum atomic E-state index is 13.1. The number of nitrogens with zero attached hydrogens (tertiary/aromatic N) is 4. The van der Waals surface area contributed by atoms with Crippen LogP contribution >= 0.6 is 0 Å². The van der Waals surface area contributed by atoms with E-state index in [-0.39, 0.29) is 49.9 Å². The fourth-order valence-electron chi connectivity index (χ4n) is 8.00. The minimum atomic E-state index is -5.03. The van der Waals surface area contributed by atoms with E-state index >= 15 is 0 Å². The lowest BCUT2D eigenvalue weighted by atomic mass is 9.89. The summed E-state index contributed by atoms with van der Waals surface area (Å²) in [5.74, 6) is -2.61. The number of carbonyl (C=O) groups is 2. The second-order valence-electron chi connectivity index (χ2n) is 15.1. The van der Waals surface area contributed by atoms with Gasteiger partial charge in [-0.1, -0.05) is 73.7 Å². The zero-order valence-electron chi connectivity index (χ0n) is 32.0. The third kappa shape index (κ3) is 9.34. The van der Waals surface area contributed by atoms with Crippen molar-refractivity contribution in [1.29, 1.82) is 0 Å². The number of ether oxygens (including phenoxy) is 2. The Morgan fingerprint density at radius 3 is 2.21 bits per heavy atom. The molecule has 306 valence electrons. The van der Waals surface area contributed by atoms with Gasteiger partial charge in [0.15, 0.2) is 6.29 Å². The van der Waals surface area contributed by atoms with Gasteiger partial charge in [0, 0.05) is 75.1 Å². The molecule has 0 radical (unpaired) electrons. The molecule has 3 saturated heterocycles. The van der Waals surface area contributed by atoms with E-state index in [0.717, 1.165) is 65.2 Å². The number of hydrogen-bond donors (Lipinski definition) is 2. The molecule has 0 spiro atoms. The molecule has 3 aliphatic heterocycles. The number of halogens is 3. The number of benzene rings is 4. The van der Waals surface area contributed by atoms with Gasteiger partial charge in [0.05, 0.1) is 23.7 Å². The van der Waals surface area contributed by atoms with E-state index in [0.29, 0.717) is 17.9 Å². The molecule has 0 saturated carbocycles. The topological polar surface area (TPSA) is 138 Å². The number of carbonyl (C=O) groups excluding carboxylic acids is 2. The van der Waals surface area contributed by atoms with Crippen LogP contribution in [0.2, 0.25) is 0 Å². The number of rotatable bonds is 11. The number of amides is 2. The molecular formula is C43H46F3N5O7. The van der Waals surface area contributed by atoms with E-state index in [1.165, 1.54) is 12.1 Å². The third-order valence-electron chi connectivity index (χ3n) is 11.3. The van der Waals surface area contributed by atoms with E-state index in [9.17, 15) is 38.0 Å². The summed E-state index contributed by atoms with van der Waals surface area (Å²) in [7, 11) is 0. The number of non-ortho nitro benzene ring substituents is 1. The first-order valence-electron chi connectivity index (χ1n) is 19.4. The fourth-order valence-corrected chi connectivity index (χ4v) is 8.00. The Kier molecular flexibility index (Phi) is 12.4. The lowest BCUT2D eigenvalue weighted by Crippen LogP contribution is -2.51. The van der Waals surface area contributed by atoms with Crippen LogP contribution in [0.5, 0.6) is 0 Å². The number of alkyl halides is 3. The normalized spacial score (nSPS) is 22.8. The summed E-state index contributed by atoms with van der Waals surface area (Å²) in [6.07, 6.45) is -5.66. The van der Waals surface area contributed by atoms with E-state index in [1.807, 2.05) is 72.8 Å². The second kappa shape index (κ2) is 17.6. The van der Waals surface area contributed by atoms with Gasteiger partial charge < -0.3 is 29.7 Å². The van der Waals surface area contributed by atoms with E-state index in [2.05, 4.69) is 22.0 Å². The van der Waals surface area contributed by atoms with Crippen LogP contribution in [-0.2, 0) is 32.2 Å². The first-order chi connectivity index (χ1) is 27.9. The average Bonchev–Trinajstić information content (AvgIpc) is 3.74. The maximum Gasteiger partial charge on any atom is 0.471 e. The molecule has 7 rings (SSSR count). The molecule has 2 amide bonds. The standard InChI is InChI=1S/C43H46F3N5O7/c1-28-38(26-48-20-22-49(23-21-48)35-15-17-36(18-16-35)51(55)56)57-41(58-39(28)32-9-7-29(27-52)8-10-32)33-13-11-31(12-14-33)34-5-2-4-30(24-34)25-47-40(53)37-6-3-19-50(37)42(54)43(44,45)46/h2,4-5,7-18,24,28,37-39,41,52H,3,6,19-23,25-27H2,1H3,(H,47,53)/t28-,37-,38+,39+,41+/m0/s1. The van der Waals surface area contributed by atoms with Gasteiger partial charge in [-0.25, -0.2) is 0 Å². The van der Waals surface area contributed by atoms with Crippen molar-refractivity contribution in [1.82, 2.24) is 15.1 Å². The van der Waals surface area contributed by atoms with Gasteiger partial charge in [0.25, 0.3) is 5.69 Å². The minimum Gasteiger partial charge on any atom is -0.392 e. The summed E-state index contributed by atoms with van der Waals surface area (Å²) >= 11 is 0. The molecule has 0 aliphatic carbocycles. The Morgan fingerprint density at radius 1 is 0.862 bits per heavy atom. The Morgan fingerprint density at radius 2 is 1.55 bits per heavy atom. The molecule has 0 unspecified atom stereocenters. The van der Waals surface area contributed by atoms with E-state index in [4.69, 9.17) is 9.47 Å². The Bertz CT molecular complexity index is 2060. The molecule has 3 heterocycles. The molecule has 5 atom stereocenters. The summed E-state index contributed by atoms with van der Waals surface area (Å²) in [6.45, 7) is 5.84. The van der Waals surface area contributed by atoms with Crippen molar-refractivity contribution in [2.75, 3.05) is 44.2 Å². The quantitative estimate of drug-likeness (QED) is 0.128. The highest BCUT2D eigenvalue weighted by Gasteiger charge is 2.47. The van der Waals surface area contributed by atoms with Crippen molar-refractivity contribution in [3.8, 4) is 11.1 Å². The first-order valence-corrected chi connectivity index (χ1v) is 19.4. The van der Waals surface area contributed by atoms with Gasteiger partial charge in [0.1, 0.15) is 6.04 Å². The van der Waals surface area contributed by atoms with Crippen molar-refractivity contribution in [3.63, 3.8) is 0 Å². The maximum absolute atomic E-state index is 13.1. The Balaban J connectivity index is 1.02. The number of hydrogen-bond acceptors (Lipinski definition) is 9. The van der Waals surface area contributed by atoms with Gasteiger partial charge in [-0.2, -0.15) is 13.2 Å². The number of nitro groups is 1. The molecule has 4 aromatic carbocycles. The van der Waals surface area contributed by atoms with Gasteiger partial charge in [-0.3, -0.25) is 24.6 Å². The number of aliphatic hydroxyl groups excluding tert-OH is 1. The average molecular weight is 802 g/mol. The van der Waals surface area contributed by atoms with Crippen molar-refractivity contribution in [3.05, 3.63) is 129 Å². The van der Waals surface area contributed by atoms with E-state index < -0.39 is 35.2 Å². The number of likely N-dealkylation sites (tertiary alicyclic amines) is 1. The van der Waals surface area contributed by atoms with Gasteiger partial charge in [0.2, 0.25) is 5.91 Å². The van der Waals surface area contributed by atoms with Crippen molar-refractivity contribution in [2.45, 2.75) is 63.6 Å². The zero-order chi connectivity index (χ0) is 41.0. The molecule has 3 aliphatic rings. The highest BCUT2D eigenvalue weighted by Crippen LogP contribution is 2.42. The SMILES string of the molecule is C[C@H]1[C@@H](CN2CCN(c3ccc([N+](=O)[O-])cc3)CC2)O[C@@H](c2ccc(-c3cccc(CNC(=O)[C@@H]4CCCN4C(=O)C(F)(F)F)c3)cc2)O[C@H]1c1ccc(CO)cc1. The fraction of sp³-hybridized carbons (Fsp3) is 0.395. The predicted octanol–water partition coefficient (Wildman–Crippen LogP) is 6.54. The third-order valence-corrected chi connectivity index (χ3v) is 11.3. The zero-order valence-corrected chi connectivity index (χ0v) is 32.0. The van der Waals surface area contributed by atoms with Crippen LogP contribution in [0.4, 0.5) is 24.5 Å². The summed E-state index contributed by atoms with van der Waals surface area (Å²) in [5.41, 5.74) is 6.17. The number of anilines is 1. The highest BCUT2D eigenvalue weighted by atomic mass is 19.4. The van der Waals surface area contributed by atoms with Crippen LogP contribution in [0, 0.1) is 16.0 Å². The van der Waals surface area contributed by atoms with Crippen LogP contribution < -0.4 is 10.2 Å². The monoisotopic (exact) mass is 801 g/mol. The number of nitrogens with one attached hydrogen (secondary N) is 1. The van der Waals surface area contributed by atoms with Gasteiger partial charge in [-0.15, -0.1) is 0 Å². The first kappa shape index (κ1) is 40.8. The van der Waals surface area contributed by atoms with Crippen LogP contribution in [0.25, 0.3) is 11.1 Å². The number of aliphatic hydroxyl groups is 1. The molecule has 4 aromatic rings. The molecular weight excluding hydrogens is 755 g/mol. The Labute approximate surface area is 334 Å². The summed E-state index contributed by atoms with van der Waals surface area (Å²) in [5, 5.41) is 23.5. The minimum absolute atomic E-state index is 0.00620. The molecule has 3 fully saturated rings. The van der Waals surface area contributed by atoms with Crippen molar-refractivity contribution >= 4 is 23.2 Å². The summed E-state index contributed by atoms with van der Waals surface area (Å²) < 4.78 is 52.6. The molecule has 15 heteroatoms. The number of nitro benzene ring substituents is 1. The van der Waals surface area contributed by atoms with Crippen molar-refractivity contribution in [2.24, 2.45) is 5.92 Å². The lowest BCUT2D eigenvalue weighted by molar-refractivity contribution is -0.384. The highest BCUT2D eigenvalue weighted by molar-refractivity contribution is 5.90. The smallest absolute Gasteiger partial charge is 0.392 e. The van der Waals surface area contributed by atoms with Crippen LogP contribution in [0.15, 0.2) is 97.1 Å². The molecule has 12 nitrogen and oxygen atoms in total. The van der Waals surface area contributed by atoms with Gasteiger partial charge in [-0.05, 0) is 58.9 Å². The summed E-state index contributed by atoms with van der Waals surface area (Å²) in [6, 6.07) is 28.6. The van der Waals surface area contributed by atoms with Crippen LogP contribution in [-0.4, -0.2) is 89.2 Å². The Hall–Kier alpha value is -5.35. The number of piperazine rings is 1. The van der Waals surface area contributed by atoms with Gasteiger partial charge >= 0.3 is 12.1 Å². The summed E-state index contributed by atoms with van der Waals surface area (Å²) in [4.78, 5) is 40.6. The molecule has 2 N–H and O–H groups in total. The molecule has 58 heavy (non-hydrogen) atoms. The van der Waals surface area contributed by atoms with Crippen LogP contribution in [0.3, 0.4) is 0 Å². The predicted molar refractivity (Wildman–Crippen MR) is 209 cm³/mol. The van der Waals surface area contributed by atoms with Crippen molar-refractivity contribution < 1.29 is 42.3 Å². The molecule has 0 bridgehead atoms. The largest absolute Gasteiger partial charge is 0.471 e. The molecule has 0 aromatic heterocycles. The lowest BCUT2D eigenvalue weighted by Gasteiger charge is -2.44. The second-order valence-corrected chi connectivity index (χ2v) is 15.1. The van der Waals surface area contributed by atoms with Crippen LogP contribution in [0.1, 0.15) is 54.4 Å². The van der Waals surface area contributed by atoms with E-state index in [1.54, 1.807) is 12.1 Å².